The second kappa shape index (κ2) is 23.8. The number of hydrogen-bond donors (Lipinski definition) is 0. The quantitative estimate of drug-likeness (QED) is 0.166. The highest BCUT2D eigenvalue weighted by atomic mass is 14.1. The van der Waals surface area contributed by atoms with Crippen LogP contribution in [0.25, 0.3) is 87.2 Å². The van der Waals surface area contributed by atoms with E-state index in [0.717, 1.165) is 0 Å². The van der Waals surface area contributed by atoms with Crippen molar-refractivity contribution in [3.05, 3.63) is 313 Å². The topological polar surface area (TPSA) is 0 Å². The number of hydrogen-bond acceptors (Lipinski definition) is 0. The molecule has 0 aliphatic heterocycles. The van der Waals surface area contributed by atoms with Crippen LogP contribution < -0.4 is 0 Å². The molecule has 0 aromatic heterocycles. The highest BCUT2D eigenvalue weighted by molar-refractivity contribution is 5.98. The fourth-order valence-corrected chi connectivity index (χ4v) is 9.38. The van der Waals surface area contributed by atoms with Crippen LogP contribution in [0.3, 0.4) is 0 Å². The van der Waals surface area contributed by atoms with Gasteiger partial charge in [-0.2, -0.15) is 0 Å². The maximum Gasteiger partial charge on any atom is -0.0103 e. The first-order valence-electron chi connectivity index (χ1n) is 25.3. The van der Waals surface area contributed by atoms with Crippen LogP contribution >= 0.6 is 0 Å². The number of fused-ring (bicyclic) bond motifs is 5. The predicted octanol–water partition coefficient (Wildman–Crippen LogP) is 20.7. The summed E-state index contributed by atoms with van der Waals surface area (Å²) in [7, 11) is 0. The Balaban J connectivity index is 0.000000114. The lowest BCUT2D eigenvalue weighted by Gasteiger charge is -2.08. The summed E-state index contributed by atoms with van der Waals surface area (Å²) < 4.78 is 0. The van der Waals surface area contributed by atoms with Gasteiger partial charge in [0.1, 0.15) is 0 Å². The third kappa shape index (κ3) is 12.9. The van der Waals surface area contributed by atoms with Crippen LogP contribution in [0.1, 0.15) is 27.8 Å². The van der Waals surface area contributed by atoms with Gasteiger partial charge in [-0.25, -0.2) is 0 Å². The van der Waals surface area contributed by atoms with Crippen LogP contribution in [-0.4, -0.2) is 0 Å². The maximum absolute atomic E-state index is 2.26. The van der Waals surface area contributed by atoms with Crippen molar-refractivity contribution in [3.63, 3.8) is 0 Å². The van der Waals surface area contributed by atoms with Crippen molar-refractivity contribution in [2.24, 2.45) is 0 Å². The average Bonchev–Trinajstić information content (AvgIpc) is 3.44. The molecular formula is C73H62. The van der Waals surface area contributed by atoms with Gasteiger partial charge >= 0.3 is 0 Å². The Morgan fingerprint density at radius 1 is 0.164 bits per heavy atom. The second-order valence-corrected chi connectivity index (χ2v) is 18.9. The Bertz CT molecular complexity index is 3790. The summed E-state index contributed by atoms with van der Waals surface area (Å²) in [6.07, 6.45) is 0. The minimum absolute atomic E-state index is 1.27. The smallest absolute Gasteiger partial charge is 0.0103 e. The Labute approximate surface area is 432 Å². The Kier molecular flexibility index (Phi) is 16.1. The van der Waals surface area contributed by atoms with Gasteiger partial charge in [0.15, 0.2) is 0 Å². The zero-order valence-electron chi connectivity index (χ0n) is 42.6. The molecule has 0 atom stereocenters. The van der Waals surface area contributed by atoms with E-state index < -0.39 is 0 Å². The third-order valence-electron chi connectivity index (χ3n) is 13.1. The molecule has 0 fully saturated rings. The Morgan fingerprint density at radius 3 is 1.05 bits per heavy atom. The van der Waals surface area contributed by atoms with Gasteiger partial charge in [0.05, 0.1) is 0 Å². The largest absolute Gasteiger partial charge is 0.0622 e. The van der Waals surface area contributed by atoms with Crippen molar-refractivity contribution in [1.29, 1.82) is 0 Å². The molecule has 0 heteroatoms. The third-order valence-corrected chi connectivity index (χ3v) is 13.1. The SMILES string of the molecule is Cc1cc(-c2ccccc2)c2ccccc2c1.Cc1ccc2c(-c3ccccc3)cccc2c1.Cc1ccc2cc(-c3ccccc3)ccc2c1.Cc1ccc2ccccc2c1.Cc1ccc2ccccc2c1. The summed E-state index contributed by atoms with van der Waals surface area (Å²) in [6.45, 7) is 10.6. The van der Waals surface area contributed by atoms with Gasteiger partial charge in [-0.05, 0) is 133 Å². The first-order valence-corrected chi connectivity index (χ1v) is 25.3. The van der Waals surface area contributed by atoms with Gasteiger partial charge in [-0.1, -0.05) is 301 Å². The molecule has 0 N–H and O–H groups in total. The summed E-state index contributed by atoms with van der Waals surface area (Å²) >= 11 is 0. The van der Waals surface area contributed by atoms with Gasteiger partial charge in [-0.3, -0.25) is 0 Å². The van der Waals surface area contributed by atoms with Crippen molar-refractivity contribution >= 4 is 53.9 Å². The highest BCUT2D eigenvalue weighted by Crippen LogP contribution is 2.31. The van der Waals surface area contributed by atoms with Crippen molar-refractivity contribution in [2.75, 3.05) is 0 Å². The fraction of sp³-hybridized carbons (Fsp3) is 0.0685. The van der Waals surface area contributed by atoms with E-state index in [-0.39, 0.29) is 0 Å². The molecule has 73 heavy (non-hydrogen) atoms. The summed E-state index contributed by atoms with van der Waals surface area (Å²) in [6, 6.07) is 101. The van der Waals surface area contributed by atoms with Gasteiger partial charge in [-0.15, -0.1) is 0 Å². The lowest BCUT2D eigenvalue weighted by molar-refractivity contribution is 1.50. The number of rotatable bonds is 3. The van der Waals surface area contributed by atoms with E-state index in [1.807, 2.05) is 6.07 Å². The molecule has 13 aromatic rings. The molecule has 13 rings (SSSR count). The molecule has 13 aromatic carbocycles. The molecule has 0 unspecified atom stereocenters. The summed E-state index contributed by atoms with van der Waals surface area (Å²) in [5.74, 6) is 0. The second-order valence-electron chi connectivity index (χ2n) is 18.9. The minimum atomic E-state index is 1.27. The molecule has 0 spiro atoms. The lowest BCUT2D eigenvalue weighted by atomic mass is 9.96. The fourth-order valence-electron chi connectivity index (χ4n) is 9.38. The van der Waals surface area contributed by atoms with Gasteiger partial charge < -0.3 is 0 Å². The molecule has 0 saturated carbocycles. The van der Waals surface area contributed by atoms with Gasteiger partial charge in [0, 0.05) is 0 Å². The monoisotopic (exact) mass is 938 g/mol. The zero-order chi connectivity index (χ0) is 50.4. The molecule has 0 aliphatic carbocycles. The lowest BCUT2D eigenvalue weighted by Crippen LogP contribution is -1.83. The van der Waals surface area contributed by atoms with Gasteiger partial charge in [0.25, 0.3) is 0 Å². The molecule has 0 saturated heterocycles. The van der Waals surface area contributed by atoms with Gasteiger partial charge in [0.2, 0.25) is 0 Å². The molecular weight excluding hydrogens is 877 g/mol. The van der Waals surface area contributed by atoms with Crippen LogP contribution in [0, 0.1) is 34.6 Å². The normalized spacial score (nSPS) is 10.5. The molecule has 0 bridgehead atoms. The Morgan fingerprint density at radius 2 is 0.507 bits per heavy atom. The van der Waals surface area contributed by atoms with E-state index in [1.54, 1.807) is 0 Å². The Hall–Kier alpha value is -8.84. The van der Waals surface area contributed by atoms with Crippen molar-refractivity contribution in [2.45, 2.75) is 34.6 Å². The van der Waals surface area contributed by atoms with Crippen LogP contribution in [-0.2, 0) is 0 Å². The number of aryl methyl sites for hydroxylation is 5. The summed E-state index contributed by atoms with van der Waals surface area (Å²) in [5, 5.41) is 13.2. The highest BCUT2D eigenvalue weighted by Gasteiger charge is 2.05. The van der Waals surface area contributed by atoms with Crippen molar-refractivity contribution < 1.29 is 0 Å². The average molecular weight is 939 g/mol. The van der Waals surface area contributed by atoms with Crippen LogP contribution in [0.15, 0.2) is 285 Å². The minimum Gasteiger partial charge on any atom is -0.0622 e. The van der Waals surface area contributed by atoms with Crippen molar-refractivity contribution in [3.8, 4) is 33.4 Å². The first-order chi connectivity index (χ1) is 35.7. The predicted molar refractivity (Wildman–Crippen MR) is 320 cm³/mol. The molecule has 0 radical (unpaired) electrons. The van der Waals surface area contributed by atoms with Crippen LogP contribution in [0.5, 0.6) is 0 Å². The van der Waals surface area contributed by atoms with E-state index in [9.17, 15) is 0 Å². The van der Waals surface area contributed by atoms with E-state index in [4.69, 9.17) is 0 Å². The molecule has 0 aliphatic rings. The van der Waals surface area contributed by atoms with E-state index in [2.05, 4.69) is 314 Å². The van der Waals surface area contributed by atoms with E-state index in [0.29, 0.717) is 0 Å². The van der Waals surface area contributed by atoms with Crippen molar-refractivity contribution in [1.82, 2.24) is 0 Å². The standard InChI is InChI=1S/3C17H14.2C11H10/c1-13-11-15-9-5-6-10-16(15)17(12-13)14-7-3-2-4-8-14;1-13-10-11-17-15(12-13)8-5-9-16(17)14-6-3-2-4-7-14;1-13-7-8-17-12-16(10-9-15(17)11-13)14-5-3-2-4-6-14;2*1-9-6-7-10-4-2-3-5-11(10)8-9/h3*2-12H,1H3;2*2-8H,1H3. The van der Waals surface area contributed by atoms with Crippen LogP contribution in [0.2, 0.25) is 0 Å². The van der Waals surface area contributed by atoms with Crippen LogP contribution in [0.4, 0.5) is 0 Å². The van der Waals surface area contributed by atoms with E-state index >= 15 is 0 Å². The maximum atomic E-state index is 2.26. The number of benzene rings is 13. The molecule has 0 nitrogen and oxygen atoms in total. The zero-order valence-corrected chi connectivity index (χ0v) is 42.6. The molecule has 0 amide bonds. The summed E-state index contributed by atoms with van der Waals surface area (Å²) in [4.78, 5) is 0. The summed E-state index contributed by atoms with van der Waals surface area (Å²) in [5.41, 5.74) is 14.3. The van der Waals surface area contributed by atoms with E-state index in [1.165, 1.54) is 115 Å². The molecule has 354 valence electrons. The molecule has 0 heterocycles. The first kappa shape index (κ1) is 49.2.